The number of nitrogens with two attached hydrogens (primary N) is 1. The van der Waals surface area contributed by atoms with E-state index in [-0.39, 0.29) is 0 Å². The van der Waals surface area contributed by atoms with Crippen molar-refractivity contribution in [3.05, 3.63) is 23.7 Å². The lowest BCUT2D eigenvalue weighted by molar-refractivity contribution is 1.10. The van der Waals surface area contributed by atoms with Gasteiger partial charge >= 0.3 is 0 Å². The first kappa shape index (κ1) is 9.88. The molecule has 0 amide bonds. The fraction of sp³-hybridized carbons (Fsp3) is 0.200. The highest BCUT2D eigenvalue weighted by atomic mass is 14.9. The lowest BCUT2D eigenvalue weighted by Gasteiger charge is -2.06. The Hall–Kier alpha value is -2.20. The number of hydrogen-bond donors (Lipinski definition) is 2. The van der Waals surface area contributed by atoms with E-state index in [1.807, 2.05) is 0 Å². The van der Waals surface area contributed by atoms with Crippen molar-refractivity contribution in [3.63, 3.8) is 0 Å². The second-order valence-corrected chi connectivity index (χ2v) is 2.62. The Kier molecular flexibility index (Phi) is 3.34. The number of nitrogens with zero attached hydrogens (tertiary/aromatic N) is 2. The van der Waals surface area contributed by atoms with Crippen LogP contribution in [-0.4, -0.2) is 11.5 Å². The standard InChI is InChI=1S/C10H10N4/c1-3-4-5-13-8-6-10(11)14-7-9(8)12-2/h1,6-7H,4-5H2,(H3,11,13,14). The maximum atomic E-state index is 6.90. The number of nitrogen functional groups attached to an aromatic ring is 1. The summed E-state index contributed by atoms with van der Waals surface area (Å²) in [5, 5.41) is 3.03. The van der Waals surface area contributed by atoms with Crippen molar-refractivity contribution in [1.82, 2.24) is 4.98 Å². The fourth-order valence-corrected chi connectivity index (χ4v) is 0.964. The van der Waals surface area contributed by atoms with Crippen LogP contribution in [0.25, 0.3) is 4.85 Å². The van der Waals surface area contributed by atoms with Crippen LogP contribution in [0.4, 0.5) is 17.2 Å². The summed E-state index contributed by atoms with van der Waals surface area (Å²) in [7, 11) is 0. The summed E-state index contributed by atoms with van der Waals surface area (Å²) in [6, 6.07) is 1.63. The van der Waals surface area contributed by atoms with Gasteiger partial charge in [0.2, 0.25) is 5.69 Å². The van der Waals surface area contributed by atoms with Crippen LogP contribution in [0.2, 0.25) is 0 Å². The van der Waals surface area contributed by atoms with Gasteiger partial charge in [-0.25, -0.2) is 4.85 Å². The zero-order chi connectivity index (χ0) is 10.4. The highest BCUT2D eigenvalue weighted by Gasteiger charge is 2.01. The number of pyridine rings is 1. The van der Waals surface area contributed by atoms with Crippen molar-refractivity contribution in [1.29, 1.82) is 0 Å². The van der Waals surface area contributed by atoms with Crippen LogP contribution in [0.15, 0.2) is 12.3 Å². The van der Waals surface area contributed by atoms with Gasteiger partial charge in [-0.15, -0.1) is 12.3 Å². The van der Waals surface area contributed by atoms with Crippen LogP contribution in [0.3, 0.4) is 0 Å². The minimum Gasteiger partial charge on any atom is -0.393 e. The highest BCUT2D eigenvalue weighted by molar-refractivity contribution is 5.71. The van der Waals surface area contributed by atoms with Gasteiger partial charge < -0.3 is 11.1 Å². The van der Waals surface area contributed by atoms with Crippen molar-refractivity contribution in [2.24, 2.45) is 0 Å². The first-order chi connectivity index (χ1) is 6.77. The second kappa shape index (κ2) is 4.74. The molecule has 0 aliphatic heterocycles. The molecule has 0 unspecified atom stereocenters. The molecule has 0 aromatic carbocycles. The predicted molar refractivity (Wildman–Crippen MR) is 56.9 cm³/mol. The van der Waals surface area contributed by atoms with Gasteiger partial charge in [-0.2, -0.15) is 0 Å². The van der Waals surface area contributed by atoms with Crippen LogP contribution in [0, 0.1) is 18.9 Å². The molecule has 0 radical (unpaired) electrons. The summed E-state index contributed by atoms with van der Waals surface area (Å²) in [6.45, 7) is 7.53. The van der Waals surface area contributed by atoms with Gasteiger partial charge in [0.05, 0.1) is 6.57 Å². The Morgan fingerprint density at radius 3 is 3.14 bits per heavy atom. The number of anilines is 2. The van der Waals surface area contributed by atoms with Gasteiger partial charge in [-0.1, -0.05) is 0 Å². The van der Waals surface area contributed by atoms with Crippen LogP contribution in [-0.2, 0) is 0 Å². The van der Waals surface area contributed by atoms with Crippen molar-refractivity contribution in [2.45, 2.75) is 6.42 Å². The first-order valence-electron chi connectivity index (χ1n) is 4.08. The van der Waals surface area contributed by atoms with E-state index in [2.05, 4.69) is 21.1 Å². The maximum absolute atomic E-state index is 6.90. The van der Waals surface area contributed by atoms with E-state index in [9.17, 15) is 0 Å². The quantitative estimate of drug-likeness (QED) is 0.428. The summed E-state index contributed by atoms with van der Waals surface area (Å²) in [4.78, 5) is 7.13. The maximum Gasteiger partial charge on any atom is 0.227 e. The first-order valence-corrected chi connectivity index (χ1v) is 4.08. The molecule has 0 saturated heterocycles. The normalized spacial score (nSPS) is 8.71. The number of hydrogen-bond acceptors (Lipinski definition) is 3. The van der Waals surface area contributed by atoms with Crippen LogP contribution in [0.1, 0.15) is 6.42 Å². The third kappa shape index (κ3) is 2.40. The van der Waals surface area contributed by atoms with E-state index in [4.69, 9.17) is 18.7 Å². The molecule has 0 fully saturated rings. The molecular weight excluding hydrogens is 176 g/mol. The molecule has 1 aromatic rings. The van der Waals surface area contributed by atoms with Crippen molar-refractivity contribution < 1.29 is 0 Å². The van der Waals surface area contributed by atoms with Gasteiger partial charge in [0.1, 0.15) is 5.82 Å². The molecule has 4 heteroatoms. The fourth-order valence-electron chi connectivity index (χ4n) is 0.964. The SMILES string of the molecule is [C-]#[N+]c1cnc(N)cc1NCCC#C. The number of terminal acetylenes is 1. The zero-order valence-electron chi connectivity index (χ0n) is 7.62. The zero-order valence-corrected chi connectivity index (χ0v) is 7.62. The minimum atomic E-state index is 0.389. The minimum absolute atomic E-state index is 0.389. The van der Waals surface area contributed by atoms with Crippen LogP contribution >= 0.6 is 0 Å². The molecule has 4 nitrogen and oxygen atoms in total. The summed E-state index contributed by atoms with van der Waals surface area (Å²) in [5.74, 6) is 2.89. The molecule has 0 spiro atoms. The number of rotatable bonds is 3. The third-order valence-electron chi connectivity index (χ3n) is 1.61. The van der Waals surface area contributed by atoms with Crippen molar-refractivity contribution in [2.75, 3.05) is 17.6 Å². The molecule has 0 bridgehead atoms. The molecular formula is C10H10N4. The van der Waals surface area contributed by atoms with E-state index in [0.717, 1.165) is 0 Å². The number of aromatic nitrogens is 1. The number of nitrogens with one attached hydrogen (secondary N) is 1. The largest absolute Gasteiger partial charge is 0.393 e. The van der Waals surface area contributed by atoms with Crippen LogP contribution in [0.5, 0.6) is 0 Å². The molecule has 70 valence electrons. The highest BCUT2D eigenvalue weighted by Crippen LogP contribution is 2.24. The molecule has 0 aliphatic carbocycles. The average Bonchev–Trinajstić information content (AvgIpc) is 2.19. The smallest absolute Gasteiger partial charge is 0.227 e. The Morgan fingerprint density at radius 2 is 2.50 bits per heavy atom. The molecule has 0 aliphatic rings. The molecule has 1 heterocycles. The lowest BCUT2D eigenvalue weighted by atomic mass is 10.3. The van der Waals surface area contributed by atoms with Crippen molar-refractivity contribution in [3.8, 4) is 12.3 Å². The Bertz CT molecular complexity index is 398. The summed E-state index contributed by atoms with van der Waals surface area (Å²) in [5.41, 5.74) is 6.63. The lowest BCUT2D eigenvalue weighted by Crippen LogP contribution is -2.01. The summed E-state index contributed by atoms with van der Waals surface area (Å²) < 4.78 is 0. The monoisotopic (exact) mass is 186 g/mol. The molecule has 3 N–H and O–H groups in total. The molecule has 0 saturated carbocycles. The van der Waals surface area contributed by atoms with E-state index >= 15 is 0 Å². The topological polar surface area (TPSA) is 55.3 Å². The molecule has 1 rings (SSSR count). The van der Waals surface area contributed by atoms with E-state index in [0.29, 0.717) is 30.2 Å². The Morgan fingerprint density at radius 1 is 1.71 bits per heavy atom. The summed E-state index contributed by atoms with van der Waals surface area (Å²) in [6.07, 6.45) is 7.16. The van der Waals surface area contributed by atoms with Gasteiger partial charge in [-0.3, -0.25) is 4.98 Å². The summed E-state index contributed by atoms with van der Waals surface area (Å²) >= 11 is 0. The van der Waals surface area contributed by atoms with Crippen LogP contribution < -0.4 is 11.1 Å². The molecule has 1 aromatic heterocycles. The van der Waals surface area contributed by atoms with E-state index in [1.165, 1.54) is 6.20 Å². The third-order valence-corrected chi connectivity index (χ3v) is 1.61. The predicted octanol–water partition coefficient (Wildman–Crippen LogP) is 1.65. The van der Waals surface area contributed by atoms with Gasteiger partial charge in [-0.05, 0) is 6.07 Å². The van der Waals surface area contributed by atoms with Gasteiger partial charge in [0.15, 0.2) is 0 Å². The van der Waals surface area contributed by atoms with E-state index < -0.39 is 0 Å². The Labute approximate surface area is 83.0 Å². The van der Waals surface area contributed by atoms with Gasteiger partial charge in [0, 0.05) is 24.8 Å². The van der Waals surface area contributed by atoms with Gasteiger partial charge in [0.25, 0.3) is 0 Å². The molecule has 0 atom stereocenters. The van der Waals surface area contributed by atoms with Crippen molar-refractivity contribution >= 4 is 17.2 Å². The van der Waals surface area contributed by atoms with E-state index in [1.54, 1.807) is 6.07 Å². The average molecular weight is 186 g/mol. The second-order valence-electron chi connectivity index (χ2n) is 2.62. The Balaban J connectivity index is 2.80. The molecule has 14 heavy (non-hydrogen) atoms.